The maximum Gasteiger partial charge on any atom is 0.334 e. The van der Waals surface area contributed by atoms with Crippen LogP contribution in [-0.2, 0) is 20.7 Å². The Kier molecular flexibility index (Phi) is 4.39. The zero-order valence-electron chi connectivity index (χ0n) is 10.2. The molecule has 2 rings (SSSR count). The maximum atomic E-state index is 12.1. The number of carboxylic acids is 1. The van der Waals surface area contributed by atoms with Crippen molar-refractivity contribution in [2.24, 2.45) is 0 Å². The Morgan fingerprint density at radius 3 is 2.68 bits per heavy atom. The SMILES string of the molecule is O=C(O)[C@@H]1CN(C(=O)Cc2ccc(Cl)cc2)CCO1. The molecule has 1 aromatic rings. The molecule has 0 aliphatic carbocycles. The summed E-state index contributed by atoms with van der Waals surface area (Å²) in [4.78, 5) is 24.4. The van der Waals surface area contributed by atoms with Crippen molar-refractivity contribution in [1.82, 2.24) is 4.90 Å². The fraction of sp³-hybridized carbons (Fsp3) is 0.385. The number of aliphatic carboxylic acids is 1. The number of hydrogen-bond acceptors (Lipinski definition) is 3. The molecular weight excluding hydrogens is 270 g/mol. The number of nitrogens with zero attached hydrogens (tertiary/aromatic N) is 1. The molecule has 1 saturated heterocycles. The second kappa shape index (κ2) is 6.04. The van der Waals surface area contributed by atoms with Crippen LogP contribution in [0.15, 0.2) is 24.3 Å². The average molecular weight is 284 g/mol. The Labute approximate surface area is 115 Å². The summed E-state index contributed by atoms with van der Waals surface area (Å²) in [5.41, 5.74) is 0.854. The normalized spacial score (nSPS) is 19.2. The number of halogens is 1. The van der Waals surface area contributed by atoms with Gasteiger partial charge >= 0.3 is 5.97 Å². The van der Waals surface area contributed by atoms with E-state index in [2.05, 4.69) is 0 Å². The molecule has 0 aromatic heterocycles. The quantitative estimate of drug-likeness (QED) is 0.905. The molecule has 102 valence electrons. The summed E-state index contributed by atoms with van der Waals surface area (Å²) in [6.45, 7) is 0.779. The predicted octanol–water partition coefficient (Wildman–Crippen LogP) is 1.19. The minimum Gasteiger partial charge on any atom is -0.479 e. The summed E-state index contributed by atoms with van der Waals surface area (Å²) in [6.07, 6.45) is -0.688. The van der Waals surface area contributed by atoms with Gasteiger partial charge in [-0.25, -0.2) is 4.79 Å². The molecule has 19 heavy (non-hydrogen) atoms. The zero-order valence-corrected chi connectivity index (χ0v) is 11.0. The average Bonchev–Trinajstić information content (AvgIpc) is 2.41. The highest BCUT2D eigenvalue weighted by atomic mass is 35.5. The van der Waals surface area contributed by atoms with E-state index >= 15 is 0 Å². The molecule has 1 fully saturated rings. The van der Waals surface area contributed by atoms with Crippen molar-refractivity contribution in [1.29, 1.82) is 0 Å². The third kappa shape index (κ3) is 3.68. The van der Waals surface area contributed by atoms with E-state index in [4.69, 9.17) is 21.4 Å². The summed E-state index contributed by atoms with van der Waals surface area (Å²) < 4.78 is 5.07. The van der Waals surface area contributed by atoms with Crippen LogP contribution in [0.3, 0.4) is 0 Å². The van der Waals surface area contributed by atoms with Crippen molar-refractivity contribution in [3.05, 3.63) is 34.9 Å². The van der Waals surface area contributed by atoms with Gasteiger partial charge in [0.2, 0.25) is 5.91 Å². The van der Waals surface area contributed by atoms with Gasteiger partial charge in [0.15, 0.2) is 6.10 Å². The first-order valence-corrected chi connectivity index (χ1v) is 6.30. The van der Waals surface area contributed by atoms with E-state index < -0.39 is 12.1 Å². The standard InChI is InChI=1S/C13H14ClNO4/c14-10-3-1-9(2-4-10)7-12(16)15-5-6-19-11(8-15)13(17)18/h1-4,11H,5-8H2,(H,17,18)/t11-/m0/s1. The number of hydrogen-bond donors (Lipinski definition) is 1. The first-order valence-electron chi connectivity index (χ1n) is 5.93. The molecule has 0 radical (unpaired) electrons. The topological polar surface area (TPSA) is 66.8 Å². The Balaban J connectivity index is 1.96. The first-order chi connectivity index (χ1) is 9.06. The fourth-order valence-electron chi connectivity index (χ4n) is 1.91. The summed E-state index contributed by atoms with van der Waals surface area (Å²) in [5.74, 6) is -1.14. The van der Waals surface area contributed by atoms with Crippen LogP contribution >= 0.6 is 11.6 Å². The van der Waals surface area contributed by atoms with E-state index in [1.54, 1.807) is 24.3 Å². The van der Waals surface area contributed by atoms with E-state index in [-0.39, 0.29) is 25.5 Å². The largest absolute Gasteiger partial charge is 0.479 e. The molecule has 0 bridgehead atoms. The van der Waals surface area contributed by atoms with Gasteiger partial charge in [-0.05, 0) is 17.7 Å². The third-order valence-corrected chi connectivity index (χ3v) is 3.22. The minimum atomic E-state index is -1.04. The molecule has 1 amide bonds. The number of morpholine rings is 1. The number of carbonyl (C=O) groups is 2. The van der Waals surface area contributed by atoms with Gasteiger partial charge < -0.3 is 14.7 Å². The van der Waals surface area contributed by atoms with Crippen molar-refractivity contribution in [2.45, 2.75) is 12.5 Å². The number of benzene rings is 1. The van der Waals surface area contributed by atoms with Gasteiger partial charge in [-0.1, -0.05) is 23.7 Å². The van der Waals surface area contributed by atoms with Crippen LogP contribution in [-0.4, -0.2) is 47.7 Å². The molecule has 1 aliphatic rings. The number of carbonyl (C=O) groups excluding carboxylic acids is 1. The zero-order chi connectivity index (χ0) is 13.8. The molecule has 0 spiro atoms. The highest BCUT2D eigenvalue weighted by Gasteiger charge is 2.28. The molecule has 1 heterocycles. The van der Waals surface area contributed by atoms with Crippen molar-refractivity contribution < 1.29 is 19.4 Å². The fourth-order valence-corrected chi connectivity index (χ4v) is 2.04. The Morgan fingerprint density at radius 2 is 2.05 bits per heavy atom. The van der Waals surface area contributed by atoms with Crippen LogP contribution in [0.4, 0.5) is 0 Å². The van der Waals surface area contributed by atoms with Crippen molar-refractivity contribution in [3.63, 3.8) is 0 Å². The molecule has 5 nitrogen and oxygen atoms in total. The van der Waals surface area contributed by atoms with Crippen molar-refractivity contribution in [2.75, 3.05) is 19.7 Å². The van der Waals surface area contributed by atoms with E-state index in [9.17, 15) is 9.59 Å². The minimum absolute atomic E-state index is 0.0990. The van der Waals surface area contributed by atoms with Gasteiger partial charge in [-0.15, -0.1) is 0 Å². The second-order valence-electron chi connectivity index (χ2n) is 4.34. The lowest BCUT2D eigenvalue weighted by molar-refractivity contribution is -0.159. The molecule has 1 aliphatic heterocycles. The summed E-state index contributed by atoms with van der Waals surface area (Å²) in [6, 6.07) is 7.03. The van der Waals surface area contributed by atoms with Gasteiger partial charge in [0.1, 0.15) is 0 Å². The lowest BCUT2D eigenvalue weighted by Crippen LogP contribution is -2.49. The van der Waals surface area contributed by atoms with Crippen LogP contribution < -0.4 is 0 Å². The van der Waals surface area contributed by atoms with Crippen LogP contribution in [0.25, 0.3) is 0 Å². The number of rotatable bonds is 3. The van der Waals surface area contributed by atoms with Gasteiger partial charge in [0.05, 0.1) is 19.6 Å². The van der Waals surface area contributed by atoms with Crippen LogP contribution in [0.2, 0.25) is 5.02 Å². The van der Waals surface area contributed by atoms with E-state index in [1.165, 1.54) is 4.90 Å². The highest BCUT2D eigenvalue weighted by molar-refractivity contribution is 6.30. The summed E-state index contributed by atoms with van der Waals surface area (Å²) in [7, 11) is 0. The van der Waals surface area contributed by atoms with Crippen LogP contribution in [0, 0.1) is 0 Å². The smallest absolute Gasteiger partial charge is 0.334 e. The second-order valence-corrected chi connectivity index (χ2v) is 4.78. The van der Waals surface area contributed by atoms with Crippen molar-refractivity contribution >= 4 is 23.5 Å². The molecule has 6 heteroatoms. The molecule has 1 aromatic carbocycles. The highest BCUT2D eigenvalue weighted by Crippen LogP contribution is 2.12. The number of ether oxygens (including phenoxy) is 1. The Bertz CT molecular complexity index is 474. The molecule has 1 atom stereocenters. The monoisotopic (exact) mass is 283 g/mol. The molecular formula is C13H14ClNO4. The summed E-state index contributed by atoms with van der Waals surface area (Å²) in [5, 5.41) is 9.50. The van der Waals surface area contributed by atoms with Gasteiger partial charge in [0.25, 0.3) is 0 Å². The van der Waals surface area contributed by atoms with Crippen molar-refractivity contribution in [3.8, 4) is 0 Å². The third-order valence-electron chi connectivity index (χ3n) is 2.96. The molecule has 0 saturated carbocycles. The van der Waals surface area contributed by atoms with E-state index in [1.807, 2.05) is 0 Å². The Morgan fingerprint density at radius 1 is 1.37 bits per heavy atom. The predicted molar refractivity (Wildman–Crippen MR) is 69.1 cm³/mol. The summed E-state index contributed by atoms with van der Waals surface area (Å²) >= 11 is 5.77. The van der Waals surface area contributed by atoms with Crippen LogP contribution in [0.1, 0.15) is 5.56 Å². The first kappa shape index (κ1) is 13.8. The van der Waals surface area contributed by atoms with Crippen LogP contribution in [0.5, 0.6) is 0 Å². The lowest BCUT2D eigenvalue weighted by Gasteiger charge is -2.31. The number of amides is 1. The number of carboxylic acid groups (broad SMARTS) is 1. The van der Waals surface area contributed by atoms with Gasteiger partial charge in [-0.2, -0.15) is 0 Å². The van der Waals surface area contributed by atoms with Gasteiger partial charge in [-0.3, -0.25) is 4.79 Å². The molecule has 1 N–H and O–H groups in total. The van der Waals surface area contributed by atoms with Gasteiger partial charge in [0, 0.05) is 11.6 Å². The molecule has 0 unspecified atom stereocenters. The Hall–Kier alpha value is -1.59. The van der Waals surface area contributed by atoms with E-state index in [0.717, 1.165) is 5.56 Å². The maximum absolute atomic E-state index is 12.1. The van der Waals surface area contributed by atoms with E-state index in [0.29, 0.717) is 11.6 Å². The lowest BCUT2D eigenvalue weighted by atomic mass is 10.1.